The highest BCUT2D eigenvalue weighted by molar-refractivity contribution is 6.10. The van der Waals surface area contributed by atoms with Gasteiger partial charge in [0.15, 0.2) is 6.61 Å². The highest BCUT2D eigenvalue weighted by atomic mass is 16.6. The molecule has 0 atom stereocenters. The Morgan fingerprint density at radius 3 is 2.08 bits per heavy atom. The molecule has 182 valence electrons. The van der Waals surface area contributed by atoms with Crippen LogP contribution < -0.4 is 5.32 Å². The van der Waals surface area contributed by atoms with Crippen LogP contribution in [0.15, 0.2) is 66.7 Å². The number of nitro groups is 3. The van der Waals surface area contributed by atoms with Crippen LogP contribution in [0.3, 0.4) is 0 Å². The summed E-state index contributed by atoms with van der Waals surface area (Å²) in [4.78, 5) is 68.1. The molecule has 0 bridgehead atoms. The summed E-state index contributed by atoms with van der Waals surface area (Å²) >= 11 is 0. The number of anilines is 1. The van der Waals surface area contributed by atoms with Crippen molar-refractivity contribution in [1.82, 2.24) is 0 Å². The first-order valence-electron chi connectivity index (χ1n) is 9.86. The zero-order chi connectivity index (χ0) is 26.4. The van der Waals surface area contributed by atoms with Crippen molar-refractivity contribution in [1.29, 1.82) is 0 Å². The van der Waals surface area contributed by atoms with Crippen molar-refractivity contribution >= 4 is 40.4 Å². The average Bonchev–Trinajstić information content (AvgIpc) is 2.86. The van der Waals surface area contributed by atoms with Crippen LogP contribution in [0.2, 0.25) is 0 Å². The summed E-state index contributed by atoms with van der Waals surface area (Å²) < 4.78 is 4.98. The highest BCUT2D eigenvalue weighted by Crippen LogP contribution is 2.26. The Morgan fingerprint density at radius 1 is 0.750 bits per heavy atom. The Labute approximate surface area is 200 Å². The number of esters is 1. The Hall–Kier alpha value is -5.53. The maximum atomic E-state index is 12.7. The number of carbonyl (C=O) groups excluding carboxylic acids is 3. The van der Waals surface area contributed by atoms with Crippen molar-refractivity contribution in [3.63, 3.8) is 0 Å². The van der Waals surface area contributed by atoms with Crippen LogP contribution in [0, 0.1) is 30.3 Å². The van der Waals surface area contributed by atoms with Gasteiger partial charge in [-0.1, -0.05) is 24.3 Å². The summed E-state index contributed by atoms with van der Waals surface area (Å²) in [5, 5.41) is 35.4. The standard InChI is InChI=1S/C22H14N4O10/c27-20(13-4-3-5-14(10-13)24(30)31)12-36-22(29)16-6-1-2-7-18(16)23-21(28)17-9-8-15(25(32)33)11-19(17)26(34)35/h1-11H,12H2,(H,23,28). The number of hydrogen-bond donors (Lipinski definition) is 1. The molecule has 3 aromatic rings. The lowest BCUT2D eigenvalue weighted by atomic mass is 10.1. The van der Waals surface area contributed by atoms with Gasteiger partial charge in [-0.15, -0.1) is 0 Å². The number of Topliss-reactive ketones (excluding diaryl/α,β-unsaturated/α-hetero) is 1. The number of amides is 1. The molecule has 0 fully saturated rings. The fraction of sp³-hybridized carbons (Fsp3) is 0.0455. The molecule has 0 spiro atoms. The number of ether oxygens (including phenoxy) is 1. The molecular weight excluding hydrogens is 480 g/mol. The van der Waals surface area contributed by atoms with E-state index in [0.717, 1.165) is 18.2 Å². The average molecular weight is 494 g/mol. The minimum absolute atomic E-state index is 0.0518. The van der Waals surface area contributed by atoms with Gasteiger partial charge in [0.05, 0.1) is 32.1 Å². The second-order valence-corrected chi connectivity index (χ2v) is 7.02. The number of benzene rings is 3. The largest absolute Gasteiger partial charge is 0.454 e. The van der Waals surface area contributed by atoms with Crippen molar-refractivity contribution in [2.24, 2.45) is 0 Å². The zero-order valence-electron chi connectivity index (χ0n) is 18.0. The number of ketones is 1. The molecule has 1 amide bonds. The first-order chi connectivity index (χ1) is 17.1. The number of hydrogen-bond acceptors (Lipinski definition) is 10. The maximum absolute atomic E-state index is 12.7. The van der Waals surface area contributed by atoms with E-state index in [1.54, 1.807) is 0 Å². The lowest BCUT2D eigenvalue weighted by Gasteiger charge is -2.11. The molecule has 14 nitrogen and oxygen atoms in total. The normalized spacial score (nSPS) is 10.2. The fourth-order valence-electron chi connectivity index (χ4n) is 3.02. The van der Waals surface area contributed by atoms with Gasteiger partial charge in [-0.3, -0.25) is 39.9 Å². The number of rotatable bonds is 9. The quantitative estimate of drug-likeness (QED) is 0.198. The van der Waals surface area contributed by atoms with Crippen molar-refractivity contribution in [2.45, 2.75) is 0 Å². The summed E-state index contributed by atoms with van der Waals surface area (Å²) in [5.41, 5.74) is -2.57. The van der Waals surface area contributed by atoms with Crippen molar-refractivity contribution < 1.29 is 33.9 Å². The van der Waals surface area contributed by atoms with Gasteiger partial charge >= 0.3 is 5.97 Å². The summed E-state index contributed by atoms with van der Waals surface area (Å²) in [6.07, 6.45) is 0. The van der Waals surface area contributed by atoms with Gasteiger partial charge in [-0.05, 0) is 18.2 Å². The van der Waals surface area contributed by atoms with Crippen LogP contribution in [0.1, 0.15) is 31.1 Å². The van der Waals surface area contributed by atoms with E-state index in [1.807, 2.05) is 0 Å². The monoisotopic (exact) mass is 494 g/mol. The second-order valence-electron chi connectivity index (χ2n) is 7.02. The number of nitro benzene ring substituents is 3. The van der Waals surface area contributed by atoms with Crippen molar-refractivity contribution in [2.75, 3.05) is 11.9 Å². The first-order valence-corrected chi connectivity index (χ1v) is 9.86. The third kappa shape index (κ3) is 5.69. The van der Waals surface area contributed by atoms with Crippen LogP contribution in [0.25, 0.3) is 0 Å². The minimum atomic E-state index is -1.03. The van der Waals surface area contributed by atoms with E-state index in [0.29, 0.717) is 6.07 Å². The first kappa shape index (κ1) is 25.1. The van der Waals surface area contributed by atoms with E-state index >= 15 is 0 Å². The van der Waals surface area contributed by atoms with Gasteiger partial charge in [-0.2, -0.15) is 0 Å². The minimum Gasteiger partial charge on any atom is -0.454 e. The molecule has 36 heavy (non-hydrogen) atoms. The lowest BCUT2D eigenvalue weighted by Crippen LogP contribution is -2.19. The van der Waals surface area contributed by atoms with E-state index < -0.39 is 56.0 Å². The van der Waals surface area contributed by atoms with Crippen molar-refractivity contribution in [3.8, 4) is 0 Å². The number of carbonyl (C=O) groups is 3. The van der Waals surface area contributed by atoms with Gasteiger partial charge in [0, 0.05) is 23.8 Å². The Morgan fingerprint density at radius 2 is 1.42 bits per heavy atom. The Kier molecular flexibility index (Phi) is 7.39. The van der Waals surface area contributed by atoms with Crippen LogP contribution in [0.5, 0.6) is 0 Å². The van der Waals surface area contributed by atoms with E-state index in [-0.39, 0.29) is 22.5 Å². The fourth-order valence-corrected chi connectivity index (χ4v) is 3.02. The predicted octanol–water partition coefficient (Wildman–Crippen LogP) is 3.70. The van der Waals surface area contributed by atoms with Crippen molar-refractivity contribution in [3.05, 3.63) is 114 Å². The van der Waals surface area contributed by atoms with E-state index in [9.17, 15) is 44.7 Å². The second kappa shape index (κ2) is 10.6. The molecule has 0 aliphatic rings. The molecular formula is C22H14N4O10. The lowest BCUT2D eigenvalue weighted by molar-refractivity contribution is -0.394. The summed E-state index contributed by atoms with van der Waals surface area (Å²) in [6.45, 7) is -0.754. The maximum Gasteiger partial charge on any atom is 0.340 e. The van der Waals surface area contributed by atoms with Gasteiger partial charge in [-0.25, -0.2) is 4.79 Å². The molecule has 0 radical (unpaired) electrons. The van der Waals surface area contributed by atoms with E-state index in [4.69, 9.17) is 4.74 Å². The third-order valence-corrected chi connectivity index (χ3v) is 4.74. The molecule has 3 rings (SSSR count). The Bertz CT molecular complexity index is 1420. The van der Waals surface area contributed by atoms with Gasteiger partial charge in [0.2, 0.25) is 5.78 Å². The van der Waals surface area contributed by atoms with E-state index in [2.05, 4.69) is 5.32 Å². The predicted molar refractivity (Wildman–Crippen MR) is 122 cm³/mol. The molecule has 1 N–H and O–H groups in total. The molecule has 14 heteroatoms. The number of non-ortho nitro benzene ring substituents is 2. The number of nitrogens with one attached hydrogen (secondary N) is 1. The topological polar surface area (TPSA) is 202 Å². The highest BCUT2D eigenvalue weighted by Gasteiger charge is 2.25. The van der Waals surface area contributed by atoms with Gasteiger partial charge < -0.3 is 10.1 Å². The van der Waals surface area contributed by atoms with Gasteiger partial charge in [0.25, 0.3) is 23.0 Å². The molecule has 0 aliphatic carbocycles. The smallest absolute Gasteiger partial charge is 0.340 e. The molecule has 0 saturated heterocycles. The van der Waals surface area contributed by atoms with Crippen LogP contribution in [-0.4, -0.2) is 39.0 Å². The SMILES string of the molecule is O=C(COC(=O)c1ccccc1NC(=O)c1ccc([N+](=O)[O-])cc1[N+](=O)[O-])c1cccc([N+](=O)[O-])c1. The van der Waals surface area contributed by atoms with Gasteiger partial charge in [0.1, 0.15) is 5.56 Å². The number of nitrogens with zero attached hydrogens (tertiary/aromatic N) is 3. The molecule has 0 heterocycles. The molecule has 0 aliphatic heterocycles. The molecule has 3 aromatic carbocycles. The number of para-hydroxylation sites is 1. The van der Waals surface area contributed by atoms with Crippen LogP contribution in [0.4, 0.5) is 22.7 Å². The zero-order valence-corrected chi connectivity index (χ0v) is 18.0. The molecule has 0 unspecified atom stereocenters. The summed E-state index contributed by atoms with van der Waals surface area (Å²) in [7, 11) is 0. The van der Waals surface area contributed by atoms with Crippen LogP contribution in [-0.2, 0) is 4.74 Å². The van der Waals surface area contributed by atoms with Crippen LogP contribution >= 0.6 is 0 Å². The summed E-state index contributed by atoms with van der Waals surface area (Å²) in [5.74, 6) is -2.76. The molecule has 0 aromatic heterocycles. The Balaban J connectivity index is 1.77. The third-order valence-electron chi connectivity index (χ3n) is 4.74. The van der Waals surface area contributed by atoms with E-state index in [1.165, 1.54) is 42.5 Å². The summed E-state index contributed by atoms with van der Waals surface area (Å²) in [6, 6.07) is 12.7. The molecule has 0 saturated carbocycles.